The lowest BCUT2D eigenvalue weighted by Gasteiger charge is -2.58. The Hall–Kier alpha value is -3.28. The number of nitriles is 1. The fourth-order valence-electron chi connectivity index (χ4n) is 7.33. The summed E-state index contributed by atoms with van der Waals surface area (Å²) >= 11 is 0. The van der Waals surface area contributed by atoms with Crippen molar-refractivity contribution in [3.63, 3.8) is 0 Å². The number of nitrogens with zero attached hydrogens (tertiary/aromatic N) is 3. The maximum Gasteiger partial charge on any atom is 0.410 e. The van der Waals surface area contributed by atoms with E-state index in [1.807, 2.05) is 0 Å². The second-order valence-corrected chi connectivity index (χ2v) is 10.5. The zero-order valence-corrected chi connectivity index (χ0v) is 18.3. The highest BCUT2D eigenvalue weighted by Crippen LogP contribution is 2.60. The van der Waals surface area contributed by atoms with E-state index in [-0.39, 0.29) is 41.7 Å². The molecule has 9 nitrogen and oxygen atoms in total. The van der Waals surface area contributed by atoms with Crippen LogP contribution in [0.15, 0.2) is 23.0 Å². The molecular weight excluding hydrogens is 422 g/mol. The van der Waals surface area contributed by atoms with E-state index in [2.05, 4.69) is 11.1 Å². The predicted molar refractivity (Wildman–Crippen MR) is 118 cm³/mol. The molecule has 1 aromatic heterocycles. The number of hydrogen-bond donors (Lipinski definition) is 2. The first-order valence-electron chi connectivity index (χ1n) is 11.8. The summed E-state index contributed by atoms with van der Waals surface area (Å²) in [5, 5.41) is 9.22. The molecule has 172 valence electrons. The number of carbonyl (C=O) groups excluding carboxylic acids is 2. The van der Waals surface area contributed by atoms with Crippen molar-refractivity contribution >= 4 is 23.0 Å². The lowest BCUT2D eigenvalue weighted by Crippen LogP contribution is -2.59. The SMILES string of the molecule is N#Cc1ccc2[nH]c(=O)n(C3CCN(C(=O)OC4C5CC6C[C@@H]4CC(C(N)=O)(C6)C5)C3)c2c1. The van der Waals surface area contributed by atoms with Gasteiger partial charge in [0, 0.05) is 13.1 Å². The van der Waals surface area contributed by atoms with E-state index in [0.717, 1.165) is 32.1 Å². The number of hydrogen-bond acceptors (Lipinski definition) is 5. The fraction of sp³-hybridized carbons (Fsp3) is 0.583. The Kier molecular flexibility index (Phi) is 4.38. The first kappa shape index (κ1) is 20.3. The summed E-state index contributed by atoms with van der Waals surface area (Å²) in [4.78, 5) is 42.4. The van der Waals surface area contributed by atoms with Gasteiger partial charge < -0.3 is 20.4 Å². The van der Waals surface area contributed by atoms with Crippen molar-refractivity contribution in [1.29, 1.82) is 5.26 Å². The summed E-state index contributed by atoms with van der Waals surface area (Å²) in [6.45, 7) is 0.898. The molecule has 1 aliphatic heterocycles. The third kappa shape index (κ3) is 3.07. The quantitative estimate of drug-likeness (QED) is 0.741. The highest BCUT2D eigenvalue weighted by Gasteiger charge is 2.59. The van der Waals surface area contributed by atoms with Gasteiger partial charge in [0.15, 0.2) is 0 Å². The molecule has 7 rings (SSSR count). The van der Waals surface area contributed by atoms with Gasteiger partial charge in [0.1, 0.15) is 6.10 Å². The predicted octanol–water partition coefficient (Wildman–Crippen LogP) is 2.26. The number of aromatic amines is 1. The Balaban J connectivity index is 1.17. The lowest BCUT2D eigenvalue weighted by atomic mass is 9.48. The van der Waals surface area contributed by atoms with Gasteiger partial charge >= 0.3 is 11.8 Å². The van der Waals surface area contributed by atoms with Gasteiger partial charge in [-0.1, -0.05) is 0 Å². The van der Waals surface area contributed by atoms with E-state index >= 15 is 0 Å². The molecule has 5 unspecified atom stereocenters. The van der Waals surface area contributed by atoms with Crippen LogP contribution in [0.2, 0.25) is 0 Å². The van der Waals surface area contributed by atoms with Crippen molar-refractivity contribution < 1.29 is 14.3 Å². The van der Waals surface area contributed by atoms with Gasteiger partial charge in [0.05, 0.1) is 34.1 Å². The molecule has 0 spiro atoms. The number of H-pyrrole nitrogens is 1. The van der Waals surface area contributed by atoms with Crippen molar-refractivity contribution in [1.82, 2.24) is 14.5 Å². The molecule has 5 aliphatic rings. The summed E-state index contributed by atoms with van der Waals surface area (Å²) in [6.07, 6.45) is 4.47. The first-order valence-corrected chi connectivity index (χ1v) is 11.8. The second kappa shape index (κ2) is 7.11. The van der Waals surface area contributed by atoms with Crippen molar-refractivity contribution in [2.75, 3.05) is 13.1 Å². The monoisotopic (exact) mass is 449 g/mol. The van der Waals surface area contributed by atoms with Crippen LogP contribution in [0, 0.1) is 34.5 Å². The number of nitrogens with one attached hydrogen (secondary N) is 1. The van der Waals surface area contributed by atoms with Gasteiger partial charge in [0.25, 0.3) is 0 Å². The number of primary amides is 1. The number of nitrogens with two attached hydrogens (primary N) is 1. The Morgan fingerprint density at radius 1 is 1.21 bits per heavy atom. The zero-order chi connectivity index (χ0) is 22.9. The van der Waals surface area contributed by atoms with Crippen molar-refractivity contribution in [2.45, 2.75) is 50.7 Å². The van der Waals surface area contributed by atoms with Gasteiger partial charge in [-0.25, -0.2) is 9.59 Å². The maximum atomic E-state index is 13.1. The number of amides is 2. The average Bonchev–Trinajstić information content (AvgIpc) is 3.38. The summed E-state index contributed by atoms with van der Waals surface area (Å²) < 4.78 is 7.71. The number of aromatic nitrogens is 2. The number of ether oxygens (including phenoxy) is 1. The molecule has 33 heavy (non-hydrogen) atoms. The van der Waals surface area contributed by atoms with Crippen LogP contribution < -0.4 is 11.4 Å². The lowest BCUT2D eigenvalue weighted by molar-refractivity contribution is -0.161. The molecule has 3 N–H and O–H groups in total. The average molecular weight is 450 g/mol. The number of likely N-dealkylation sites (tertiary alicyclic amines) is 1. The van der Waals surface area contributed by atoms with Crippen LogP contribution in [0.5, 0.6) is 0 Å². The molecular formula is C24H27N5O4. The number of carbonyl (C=O) groups is 2. The Morgan fingerprint density at radius 2 is 1.97 bits per heavy atom. The third-order valence-electron chi connectivity index (χ3n) is 8.58. The van der Waals surface area contributed by atoms with E-state index in [4.69, 9.17) is 10.5 Å². The van der Waals surface area contributed by atoms with Gasteiger partial charge in [-0.05, 0) is 74.5 Å². The van der Waals surface area contributed by atoms with E-state index in [0.29, 0.717) is 42.0 Å². The second-order valence-electron chi connectivity index (χ2n) is 10.5. The Morgan fingerprint density at radius 3 is 2.67 bits per heavy atom. The van der Waals surface area contributed by atoms with Crippen LogP contribution >= 0.6 is 0 Å². The highest BCUT2D eigenvalue weighted by atomic mass is 16.6. The minimum absolute atomic E-state index is 0.158. The normalized spacial score (nSPS) is 34.5. The Bertz CT molecular complexity index is 1240. The first-order chi connectivity index (χ1) is 15.9. The third-order valence-corrected chi connectivity index (χ3v) is 8.58. The van der Waals surface area contributed by atoms with E-state index in [9.17, 15) is 19.6 Å². The molecule has 6 atom stereocenters. The smallest absolute Gasteiger partial charge is 0.410 e. The van der Waals surface area contributed by atoms with Crippen LogP contribution in [-0.4, -0.2) is 45.6 Å². The number of benzene rings is 1. The number of rotatable bonds is 3. The molecule has 2 aromatic rings. The summed E-state index contributed by atoms with van der Waals surface area (Å²) in [5.41, 5.74) is 6.96. The fourth-order valence-corrected chi connectivity index (χ4v) is 7.33. The molecule has 9 heteroatoms. The van der Waals surface area contributed by atoms with Crippen molar-refractivity contribution in [2.24, 2.45) is 28.9 Å². The van der Waals surface area contributed by atoms with Gasteiger partial charge in [0.2, 0.25) is 5.91 Å². The summed E-state index contributed by atoms with van der Waals surface area (Å²) in [7, 11) is 0. The Labute approximate surface area is 190 Å². The van der Waals surface area contributed by atoms with Crippen molar-refractivity contribution in [3.8, 4) is 6.07 Å². The van der Waals surface area contributed by atoms with Crippen molar-refractivity contribution in [3.05, 3.63) is 34.2 Å². The van der Waals surface area contributed by atoms with E-state index in [1.165, 1.54) is 0 Å². The molecule has 4 saturated carbocycles. The van der Waals surface area contributed by atoms with Crippen LogP contribution in [0.3, 0.4) is 0 Å². The van der Waals surface area contributed by atoms with Crippen LogP contribution in [-0.2, 0) is 9.53 Å². The minimum Gasteiger partial charge on any atom is -0.446 e. The number of fused-ring (bicyclic) bond motifs is 1. The molecule has 4 bridgehead atoms. The largest absolute Gasteiger partial charge is 0.446 e. The summed E-state index contributed by atoms with van der Waals surface area (Å²) in [6, 6.07) is 7.05. The highest BCUT2D eigenvalue weighted by molar-refractivity contribution is 5.81. The molecule has 5 fully saturated rings. The molecule has 2 heterocycles. The van der Waals surface area contributed by atoms with E-state index in [1.54, 1.807) is 27.7 Å². The minimum atomic E-state index is -0.406. The molecule has 1 aromatic carbocycles. The maximum absolute atomic E-state index is 13.1. The zero-order valence-electron chi connectivity index (χ0n) is 18.3. The van der Waals surface area contributed by atoms with E-state index < -0.39 is 5.41 Å². The molecule has 0 radical (unpaired) electrons. The molecule has 1 saturated heterocycles. The van der Waals surface area contributed by atoms with Gasteiger partial charge in [-0.2, -0.15) is 5.26 Å². The van der Waals surface area contributed by atoms with Gasteiger partial charge in [-0.3, -0.25) is 9.36 Å². The number of imidazole rings is 1. The summed E-state index contributed by atoms with van der Waals surface area (Å²) in [5.74, 6) is 0.712. The van der Waals surface area contributed by atoms with Crippen LogP contribution in [0.4, 0.5) is 4.79 Å². The molecule has 2 amide bonds. The van der Waals surface area contributed by atoms with Crippen LogP contribution in [0.1, 0.15) is 50.1 Å². The topological polar surface area (TPSA) is 134 Å². The standard InChI is InChI=1S/C24H27N5O4/c25-11-13-1-2-18-19(7-13)29(22(31)27-18)17-3-4-28(12-17)23(32)33-20-15-5-14-6-16(20)10-24(8-14,9-15)21(26)30/h1-2,7,14-17,20H,3-6,8-10,12H2,(H2,26,30)(H,27,31)/t14?,15-,16?,17?,20?,24?/m1/s1. The van der Waals surface area contributed by atoms with Gasteiger partial charge in [-0.15, -0.1) is 0 Å². The van der Waals surface area contributed by atoms with Crippen LogP contribution in [0.25, 0.3) is 11.0 Å². The molecule has 4 aliphatic carbocycles.